The van der Waals surface area contributed by atoms with Crippen LogP contribution in [0.15, 0.2) is 200 Å². The molecule has 0 saturated carbocycles. The third-order valence-electron chi connectivity index (χ3n) is 11.9. The lowest BCUT2D eigenvalue weighted by Crippen LogP contribution is -2.32. The summed E-state index contributed by atoms with van der Waals surface area (Å²) >= 11 is 1.86. The van der Waals surface area contributed by atoms with Gasteiger partial charge in [-0.1, -0.05) is 164 Å². The topological polar surface area (TPSA) is 12.5 Å². The summed E-state index contributed by atoms with van der Waals surface area (Å²) < 4.78 is 9.52. The largest absolute Gasteiger partial charge is 0.456 e. The van der Waals surface area contributed by atoms with Crippen molar-refractivity contribution in [1.29, 1.82) is 0 Å². The number of para-hydroxylation sites is 2. The second kappa shape index (κ2) is 12.0. The zero-order valence-electron chi connectivity index (χ0n) is 30.3. The molecule has 1 unspecified atom stereocenters. The van der Waals surface area contributed by atoms with Crippen molar-refractivity contribution in [3.63, 3.8) is 0 Å². The first-order valence-electron chi connectivity index (χ1n) is 19.2. The molecule has 2 aliphatic rings. The summed E-state index contributed by atoms with van der Waals surface area (Å²) in [6, 6.07) is 73.2. The van der Waals surface area contributed by atoms with Crippen LogP contribution in [-0.2, 0) is 5.41 Å². The Bertz CT molecular complexity index is 3200. The number of ether oxygens (including phenoxy) is 1. The molecule has 2 nitrogen and oxygen atoms in total. The van der Waals surface area contributed by atoms with Crippen molar-refractivity contribution >= 4 is 59.3 Å². The molecule has 1 atom stereocenters. The highest BCUT2D eigenvalue weighted by Crippen LogP contribution is 2.65. The smallest absolute Gasteiger partial charge is 0.140 e. The number of benzene rings is 9. The fourth-order valence-electron chi connectivity index (χ4n) is 9.71. The lowest BCUT2D eigenvalue weighted by atomic mass is 9.65. The highest BCUT2D eigenvalue weighted by atomic mass is 32.1. The van der Waals surface area contributed by atoms with Gasteiger partial charge in [0.15, 0.2) is 0 Å². The van der Waals surface area contributed by atoms with E-state index in [1.54, 1.807) is 0 Å². The molecule has 0 N–H and O–H groups in total. The SMILES string of the molecule is c1ccc(-c2ccccc2N(c2cccc3c2-c2ccccc2C32c3ccccc3Oc3c2ccc2ccccc32)c2cccc3sc4ccccc4c23)cc1. The number of nitrogens with zero attached hydrogens (tertiary/aromatic N) is 1. The van der Waals surface area contributed by atoms with Crippen LogP contribution in [0.2, 0.25) is 0 Å². The molecular weight excluding hydrogens is 699 g/mol. The Kier molecular flexibility index (Phi) is 6.75. The van der Waals surface area contributed by atoms with Crippen LogP contribution in [0.1, 0.15) is 22.3 Å². The van der Waals surface area contributed by atoms with Crippen LogP contribution in [0.4, 0.5) is 17.1 Å². The molecule has 56 heavy (non-hydrogen) atoms. The number of anilines is 3. The zero-order valence-corrected chi connectivity index (χ0v) is 31.1. The number of hydrogen-bond donors (Lipinski definition) is 0. The lowest BCUT2D eigenvalue weighted by Gasteiger charge is -2.40. The van der Waals surface area contributed by atoms with Crippen molar-refractivity contribution in [3.8, 4) is 33.8 Å². The van der Waals surface area contributed by atoms with Gasteiger partial charge in [0.05, 0.1) is 22.5 Å². The summed E-state index contributed by atoms with van der Waals surface area (Å²) in [4.78, 5) is 2.55. The first kappa shape index (κ1) is 31.4. The van der Waals surface area contributed by atoms with Gasteiger partial charge in [0, 0.05) is 47.8 Å². The summed E-state index contributed by atoms with van der Waals surface area (Å²) in [5.74, 6) is 1.82. The second-order valence-corrected chi connectivity index (χ2v) is 15.8. The van der Waals surface area contributed by atoms with Crippen LogP contribution < -0.4 is 9.64 Å². The predicted octanol–water partition coefficient (Wildman–Crippen LogP) is 14.8. The van der Waals surface area contributed by atoms with Gasteiger partial charge >= 0.3 is 0 Å². The maximum atomic E-state index is 6.96. The van der Waals surface area contributed by atoms with Crippen molar-refractivity contribution in [2.45, 2.75) is 5.41 Å². The molecule has 0 fully saturated rings. The van der Waals surface area contributed by atoms with Crippen molar-refractivity contribution in [2.24, 2.45) is 0 Å². The number of fused-ring (bicyclic) bond motifs is 14. The quantitative estimate of drug-likeness (QED) is 0.179. The van der Waals surface area contributed by atoms with E-state index in [1.807, 2.05) is 11.3 Å². The second-order valence-electron chi connectivity index (χ2n) is 14.7. The summed E-state index contributed by atoms with van der Waals surface area (Å²) in [6.07, 6.45) is 0. The molecule has 0 bridgehead atoms. The van der Waals surface area contributed by atoms with E-state index in [9.17, 15) is 0 Å². The zero-order chi connectivity index (χ0) is 36.8. The molecular formula is C53H33NOS. The minimum absolute atomic E-state index is 0.609. The highest BCUT2D eigenvalue weighted by Gasteiger charge is 2.52. The summed E-state index contributed by atoms with van der Waals surface area (Å²) in [6.45, 7) is 0. The monoisotopic (exact) mass is 731 g/mol. The molecule has 0 saturated heterocycles. The average molecular weight is 732 g/mol. The Balaban J connectivity index is 1.23. The minimum Gasteiger partial charge on any atom is -0.456 e. The first-order chi connectivity index (χ1) is 27.8. The Morgan fingerprint density at radius 1 is 0.411 bits per heavy atom. The molecule has 1 spiro atoms. The molecule has 2 heterocycles. The van der Waals surface area contributed by atoms with Gasteiger partial charge in [-0.25, -0.2) is 0 Å². The number of hydrogen-bond acceptors (Lipinski definition) is 3. The van der Waals surface area contributed by atoms with E-state index in [-0.39, 0.29) is 0 Å². The van der Waals surface area contributed by atoms with E-state index in [2.05, 4.69) is 205 Å². The van der Waals surface area contributed by atoms with E-state index >= 15 is 0 Å². The highest BCUT2D eigenvalue weighted by molar-refractivity contribution is 7.26. The standard InChI is InChI=1S/C53H33NOS/c1-2-16-34(17-3-1)36-19-7-11-26-44(36)54(46-28-15-31-49-51(46)39-22-8-13-30-48(39)56-49)45-27-14-25-42-50(45)38-21-6-9-23-40(38)53(42)41-24-10-12-29-47(41)55-52-37-20-5-4-18-35(37)32-33-43(52)53/h1-33H. The van der Waals surface area contributed by atoms with Crippen LogP contribution in [-0.4, -0.2) is 0 Å². The molecule has 0 amide bonds. The van der Waals surface area contributed by atoms with Crippen LogP contribution in [0, 0.1) is 0 Å². The van der Waals surface area contributed by atoms with Gasteiger partial charge in [0.25, 0.3) is 0 Å². The van der Waals surface area contributed by atoms with Gasteiger partial charge in [-0.05, 0) is 64.0 Å². The maximum Gasteiger partial charge on any atom is 0.140 e. The Morgan fingerprint density at radius 2 is 1.05 bits per heavy atom. The third-order valence-corrected chi connectivity index (χ3v) is 13.1. The van der Waals surface area contributed by atoms with Crippen LogP contribution in [0.5, 0.6) is 11.5 Å². The lowest BCUT2D eigenvalue weighted by molar-refractivity contribution is 0.441. The van der Waals surface area contributed by atoms with Gasteiger partial charge < -0.3 is 9.64 Å². The van der Waals surface area contributed by atoms with Gasteiger partial charge in [-0.3, -0.25) is 0 Å². The Hall–Kier alpha value is -6.94. The average Bonchev–Trinajstić information content (AvgIpc) is 3.79. The molecule has 0 radical (unpaired) electrons. The van der Waals surface area contributed by atoms with Gasteiger partial charge in [0.2, 0.25) is 0 Å². The first-order valence-corrected chi connectivity index (χ1v) is 20.0. The van der Waals surface area contributed by atoms with Gasteiger partial charge in [-0.2, -0.15) is 0 Å². The number of thiophene rings is 1. The minimum atomic E-state index is -0.609. The summed E-state index contributed by atoms with van der Waals surface area (Å²) in [7, 11) is 0. The summed E-state index contributed by atoms with van der Waals surface area (Å²) in [5, 5.41) is 4.83. The Morgan fingerprint density at radius 3 is 1.96 bits per heavy atom. The predicted molar refractivity (Wildman–Crippen MR) is 234 cm³/mol. The van der Waals surface area contributed by atoms with Crippen LogP contribution in [0.3, 0.4) is 0 Å². The third kappa shape index (κ3) is 4.26. The number of rotatable bonds is 4. The van der Waals surface area contributed by atoms with Crippen molar-refractivity contribution < 1.29 is 4.74 Å². The Labute approximate surface area is 329 Å². The van der Waals surface area contributed by atoms with Crippen molar-refractivity contribution in [2.75, 3.05) is 4.90 Å². The van der Waals surface area contributed by atoms with Crippen LogP contribution >= 0.6 is 11.3 Å². The fourth-order valence-corrected chi connectivity index (χ4v) is 10.8. The molecule has 3 heteroatoms. The molecule has 12 rings (SSSR count). The van der Waals surface area contributed by atoms with E-state index < -0.39 is 5.41 Å². The van der Waals surface area contributed by atoms with E-state index in [0.717, 1.165) is 39.5 Å². The summed E-state index contributed by atoms with van der Waals surface area (Å²) in [5.41, 5.74) is 12.5. The van der Waals surface area contributed by atoms with Crippen molar-refractivity contribution in [3.05, 3.63) is 222 Å². The van der Waals surface area contributed by atoms with Gasteiger partial charge in [0.1, 0.15) is 11.5 Å². The molecule has 1 aliphatic heterocycles. The van der Waals surface area contributed by atoms with Gasteiger partial charge in [-0.15, -0.1) is 11.3 Å². The van der Waals surface area contributed by atoms with E-state index in [4.69, 9.17) is 4.74 Å². The molecule has 1 aliphatic carbocycles. The van der Waals surface area contributed by atoms with Crippen molar-refractivity contribution in [1.82, 2.24) is 0 Å². The van der Waals surface area contributed by atoms with E-state index in [0.29, 0.717) is 0 Å². The van der Waals surface area contributed by atoms with E-state index in [1.165, 1.54) is 64.5 Å². The molecule has 1 aromatic heterocycles. The normalized spacial score (nSPS) is 15.0. The van der Waals surface area contributed by atoms with Crippen LogP contribution in [0.25, 0.3) is 53.2 Å². The molecule has 262 valence electrons. The molecule has 10 aromatic rings. The molecule has 9 aromatic carbocycles. The maximum absolute atomic E-state index is 6.96. The fraction of sp³-hybridized carbons (Fsp3) is 0.0189.